The summed E-state index contributed by atoms with van der Waals surface area (Å²) >= 11 is 0. The van der Waals surface area contributed by atoms with Crippen molar-refractivity contribution in [3.63, 3.8) is 0 Å². The summed E-state index contributed by atoms with van der Waals surface area (Å²) in [6.07, 6.45) is 29.5. The molecule has 0 aliphatic rings. The van der Waals surface area contributed by atoms with Crippen LogP contribution in [0.25, 0.3) is 0 Å². The Morgan fingerprint density at radius 3 is 0.861 bits per heavy atom. The van der Waals surface area contributed by atoms with E-state index < -0.39 is 0 Å². The van der Waals surface area contributed by atoms with Gasteiger partial charge in [0.25, 0.3) is 0 Å². The molecule has 0 saturated heterocycles. The van der Waals surface area contributed by atoms with Gasteiger partial charge in [0.1, 0.15) is 0 Å². The third-order valence-electron chi connectivity index (χ3n) is 7.73. The van der Waals surface area contributed by atoms with E-state index in [0.29, 0.717) is 0 Å². The van der Waals surface area contributed by atoms with E-state index in [9.17, 15) is 9.59 Å². The number of unbranched alkanes of at least 4 members (excludes halogenated alkanes) is 20. The van der Waals surface area contributed by atoms with Crippen molar-refractivity contribution in [1.29, 1.82) is 0 Å². The van der Waals surface area contributed by atoms with Crippen molar-refractivity contribution >= 4 is 11.9 Å². The van der Waals surface area contributed by atoms with Gasteiger partial charge < -0.3 is 9.47 Å². The third-order valence-corrected chi connectivity index (χ3v) is 7.73. The number of rotatable bonds is 27. The summed E-state index contributed by atoms with van der Waals surface area (Å²) in [5.74, 6) is -1.24. The Labute approximate surface area is 225 Å². The van der Waals surface area contributed by atoms with Gasteiger partial charge in [-0.05, 0) is 12.8 Å². The first kappa shape index (κ1) is 34.9. The molecule has 0 aromatic carbocycles. The fraction of sp³-hybridized carbons (Fsp3) is 0.938. The normalized spacial score (nSPS) is 12.9. The van der Waals surface area contributed by atoms with Crippen LogP contribution >= 0.6 is 0 Å². The van der Waals surface area contributed by atoms with Gasteiger partial charge >= 0.3 is 11.9 Å². The fourth-order valence-corrected chi connectivity index (χ4v) is 5.33. The van der Waals surface area contributed by atoms with Crippen molar-refractivity contribution < 1.29 is 19.1 Å². The van der Waals surface area contributed by atoms with Gasteiger partial charge in [0, 0.05) is 0 Å². The average molecular weight is 511 g/mol. The lowest BCUT2D eigenvalue weighted by molar-refractivity contribution is -0.158. The standard InChI is InChI=1S/C32H62O4/c1-5-7-9-11-13-15-17-18-20-22-24-26-28-30(32(34)36-4)29(31(33)35-3)27-25-23-21-19-16-14-12-10-8-6-2/h29-30H,5-28H2,1-4H3. The molecule has 0 aliphatic heterocycles. The number of methoxy groups -OCH3 is 2. The molecule has 0 amide bonds. The van der Waals surface area contributed by atoms with Crippen molar-refractivity contribution in [3.8, 4) is 0 Å². The van der Waals surface area contributed by atoms with Crippen LogP contribution in [0, 0.1) is 11.8 Å². The van der Waals surface area contributed by atoms with Gasteiger partial charge in [-0.15, -0.1) is 0 Å². The predicted octanol–water partition coefficient (Wildman–Crippen LogP) is 9.97. The van der Waals surface area contributed by atoms with Crippen molar-refractivity contribution in [3.05, 3.63) is 0 Å². The molecule has 0 fully saturated rings. The maximum Gasteiger partial charge on any atom is 0.309 e. The molecule has 0 radical (unpaired) electrons. The Morgan fingerprint density at radius 2 is 0.639 bits per heavy atom. The van der Waals surface area contributed by atoms with E-state index in [1.54, 1.807) is 0 Å². The van der Waals surface area contributed by atoms with Gasteiger partial charge in [-0.25, -0.2) is 0 Å². The molecule has 36 heavy (non-hydrogen) atoms. The minimum absolute atomic E-state index is 0.249. The Hall–Kier alpha value is -1.06. The van der Waals surface area contributed by atoms with E-state index in [2.05, 4.69) is 13.8 Å². The van der Waals surface area contributed by atoms with Gasteiger partial charge in [0.05, 0.1) is 26.1 Å². The Kier molecular flexibility index (Phi) is 26.2. The minimum Gasteiger partial charge on any atom is -0.469 e. The van der Waals surface area contributed by atoms with Gasteiger partial charge in [-0.2, -0.15) is 0 Å². The molecule has 0 heterocycles. The molecule has 0 aliphatic carbocycles. The van der Waals surface area contributed by atoms with E-state index in [4.69, 9.17) is 9.47 Å². The molecule has 0 saturated carbocycles. The second-order valence-electron chi connectivity index (χ2n) is 10.9. The Balaban J connectivity index is 4.19. The zero-order valence-electron chi connectivity index (χ0n) is 24.8. The summed E-state index contributed by atoms with van der Waals surface area (Å²) in [5.41, 5.74) is 0. The number of hydrogen-bond acceptors (Lipinski definition) is 4. The summed E-state index contributed by atoms with van der Waals surface area (Å²) in [6, 6.07) is 0. The first-order valence-corrected chi connectivity index (χ1v) is 15.8. The summed E-state index contributed by atoms with van der Waals surface area (Å²) in [5, 5.41) is 0. The van der Waals surface area contributed by atoms with Crippen molar-refractivity contribution in [2.75, 3.05) is 14.2 Å². The summed E-state index contributed by atoms with van der Waals surface area (Å²) in [4.78, 5) is 25.1. The molecule has 214 valence electrons. The van der Waals surface area contributed by atoms with Crippen LogP contribution in [0.2, 0.25) is 0 Å². The summed E-state index contributed by atoms with van der Waals surface area (Å²) in [7, 11) is 2.87. The van der Waals surface area contributed by atoms with E-state index in [1.807, 2.05) is 0 Å². The first-order valence-electron chi connectivity index (χ1n) is 15.8. The monoisotopic (exact) mass is 510 g/mol. The maximum absolute atomic E-state index is 12.6. The number of hydrogen-bond donors (Lipinski definition) is 0. The smallest absolute Gasteiger partial charge is 0.309 e. The highest BCUT2D eigenvalue weighted by atomic mass is 16.5. The molecule has 0 spiro atoms. The highest BCUT2D eigenvalue weighted by molar-refractivity contribution is 5.81. The van der Waals surface area contributed by atoms with Gasteiger partial charge in [-0.1, -0.05) is 155 Å². The zero-order chi connectivity index (χ0) is 26.7. The first-order chi connectivity index (χ1) is 17.6. The van der Waals surface area contributed by atoms with Crippen LogP contribution in [0.3, 0.4) is 0 Å². The van der Waals surface area contributed by atoms with E-state index >= 15 is 0 Å². The van der Waals surface area contributed by atoms with Crippen LogP contribution in [0.5, 0.6) is 0 Å². The molecule has 0 rings (SSSR count). The van der Waals surface area contributed by atoms with E-state index in [1.165, 1.54) is 130 Å². The quantitative estimate of drug-likeness (QED) is 0.0814. The molecule has 0 N–H and O–H groups in total. The highest BCUT2D eigenvalue weighted by Gasteiger charge is 2.34. The lowest BCUT2D eigenvalue weighted by atomic mass is 9.83. The van der Waals surface area contributed by atoms with Crippen molar-refractivity contribution in [2.45, 2.75) is 168 Å². The van der Waals surface area contributed by atoms with Crippen LogP contribution < -0.4 is 0 Å². The molecule has 0 aromatic rings. The average Bonchev–Trinajstić information content (AvgIpc) is 2.90. The van der Waals surface area contributed by atoms with E-state index in [0.717, 1.165) is 38.5 Å². The molecular formula is C32H62O4. The van der Waals surface area contributed by atoms with Crippen LogP contribution in [0.15, 0.2) is 0 Å². The number of carbonyl (C=O) groups excluding carboxylic acids is 2. The summed E-state index contributed by atoms with van der Waals surface area (Å²) in [6.45, 7) is 4.52. The number of ether oxygens (including phenoxy) is 2. The van der Waals surface area contributed by atoms with E-state index in [-0.39, 0.29) is 23.8 Å². The van der Waals surface area contributed by atoms with Crippen LogP contribution in [-0.4, -0.2) is 26.2 Å². The fourth-order valence-electron chi connectivity index (χ4n) is 5.33. The second kappa shape index (κ2) is 27.0. The molecule has 2 unspecified atom stereocenters. The van der Waals surface area contributed by atoms with Gasteiger partial charge in [0.15, 0.2) is 0 Å². The Morgan fingerprint density at radius 1 is 0.417 bits per heavy atom. The van der Waals surface area contributed by atoms with Crippen LogP contribution in [0.1, 0.15) is 168 Å². The molecule has 0 aromatic heterocycles. The van der Waals surface area contributed by atoms with Gasteiger partial charge in [0.2, 0.25) is 0 Å². The van der Waals surface area contributed by atoms with Crippen LogP contribution in [-0.2, 0) is 19.1 Å². The topological polar surface area (TPSA) is 52.6 Å². The largest absolute Gasteiger partial charge is 0.469 e. The predicted molar refractivity (Wildman–Crippen MR) is 153 cm³/mol. The molecule has 4 nitrogen and oxygen atoms in total. The Bertz CT molecular complexity index is 491. The summed E-state index contributed by atoms with van der Waals surface area (Å²) < 4.78 is 10.2. The molecule has 4 heteroatoms. The number of carbonyl (C=O) groups is 2. The number of esters is 2. The van der Waals surface area contributed by atoms with Crippen LogP contribution in [0.4, 0.5) is 0 Å². The highest BCUT2D eigenvalue weighted by Crippen LogP contribution is 2.28. The van der Waals surface area contributed by atoms with Gasteiger partial charge in [-0.3, -0.25) is 9.59 Å². The minimum atomic E-state index is -0.371. The van der Waals surface area contributed by atoms with Crippen molar-refractivity contribution in [1.82, 2.24) is 0 Å². The maximum atomic E-state index is 12.6. The third kappa shape index (κ3) is 20.0. The molecular weight excluding hydrogens is 448 g/mol. The lowest BCUT2D eigenvalue weighted by Crippen LogP contribution is -2.32. The lowest BCUT2D eigenvalue weighted by Gasteiger charge is -2.23. The molecule has 0 bridgehead atoms. The van der Waals surface area contributed by atoms with Crippen molar-refractivity contribution in [2.24, 2.45) is 11.8 Å². The molecule has 2 atom stereocenters. The SMILES string of the molecule is CCCCCCCCCCCCCCC(C(=O)OC)C(CCCCCCCCCCCC)C(=O)OC. The second-order valence-corrected chi connectivity index (χ2v) is 10.9. The zero-order valence-corrected chi connectivity index (χ0v) is 24.8.